The molecule has 1 N–H and O–H groups in total. The molecule has 2 atom stereocenters. The highest BCUT2D eigenvalue weighted by Gasteiger charge is 2.22. The molecule has 0 aliphatic carbocycles. The molecule has 0 bridgehead atoms. The lowest BCUT2D eigenvalue weighted by Gasteiger charge is -2.36. The van der Waals surface area contributed by atoms with Gasteiger partial charge in [-0.25, -0.2) is 0 Å². The van der Waals surface area contributed by atoms with Crippen molar-refractivity contribution in [3.63, 3.8) is 0 Å². The average molecular weight is 257 g/mol. The molecular weight excluding hydrogens is 226 g/mol. The van der Waals surface area contributed by atoms with Crippen LogP contribution in [0.15, 0.2) is 0 Å². The summed E-state index contributed by atoms with van der Waals surface area (Å²) in [5.41, 5.74) is 0. The lowest BCUT2D eigenvalue weighted by Crippen LogP contribution is -2.49. The van der Waals surface area contributed by atoms with Crippen LogP contribution in [0.5, 0.6) is 0 Å². The maximum Gasteiger partial charge on any atom is 0.0674 e. The van der Waals surface area contributed by atoms with Crippen molar-refractivity contribution in [1.82, 2.24) is 15.1 Å². The molecule has 0 aromatic heterocycles. The molecule has 18 heavy (non-hydrogen) atoms. The van der Waals surface area contributed by atoms with Crippen LogP contribution in [0.1, 0.15) is 27.7 Å². The van der Waals surface area contributed by atoms with Gasteiger partial charge in [0.05, 0.1) is 12.7 Å². The van der Waals surface area contributed by atoms with Crippen LogP contribution in [-0.2, 0) is 4.74 Å². The summed E-state index contributed by atoms with van der Waals surface area (Å²) < 4.78 is 5.64. The molecular formula is C14H31N3O. The van der Waals surface area contributed by atoms with Crippen molar-refractivity contribution in [3.8, 4) is 0 Å². The number of hydrogen-bond donors (Lipinski definition) is 1. The van der Waals surface area contributed by atoms with E-state index in [1.54, 1.807) is 0 Å². The largest absolute Gasteiger partial charge is 0.376 e. The van der Waals surface area contributed by atoms with Crippen molar-refractivity contribution >= 4 is 0 Å². The summed E-state index contributed by atoms with van der Waals surface area (Å²) in [5.74, 6) is 0. The highest BCUT2D eigenvalue weighted by molar-refractivity contribution is 4.75. The van der Waals surface area contributed by atoms with Gasteiger partial charge in [0.1, 0.15) is 0 Å². The first-order chi connectivity index (χ1) is 8.67. The molecule has 2 unspecified atom stereocenters. The molecule has 1 rings (SSSR count). The second kappa shape index (κ2) is 8.86. The zero-order valence-electron chi connectivity index (χ0n) is 12.6. The van der Waals surface area contributed by atoms with Crippen molar-refractivity contribution in [2.45, 2.75) is 39.8 Å². The van der Waals surface area contributed by atoms with E-state index < -0.39 is 0 Å². The first-order valence-corrected chi connectivity index (χ1v) is 7.46. The molecule has 1 aliphatic rings. The summed E-state index contributed by atoms with van der Waals surface area (Å²) in [4.78, 5) is 4.98. The fourth-order valence-corrected chi connectivity index (χ4v) is 2.41. The van der Waals surface area contributed by atoms with Crippen molar-refractivity contribution in [2.75, 3.05) is 52.4 Å². The lowest BCUT2D eigenvalue weighted by molar-refractivity contribution is -0.0486. The van der Waals surface area contributed by atoms with E-state index in [0.29, 0.717) is 12.1 Å². The van der Waals surface area contributed by atoms with E-state index >= 15 is 0 Å². The highest BCUT2D eigenvalue weighted by Crippen LogP contribution is 2.09. The first kappa shape index (κ1) is 15.9. The maximum atomic E-state index is 5.64. The number of hydrogen-bond acceptors (Lipinski definition) is 4. The van der Waals surface area contributed by atoms with E-state index in [2.05, 4.69) is 42.8 Å². The van der Waals surface area contributed by atoms with Gasteiger partial charge in [-0.05, 0) is 26.9 Å². The molecule has 0 amide bonds. The van der Waals surface area contributed by atoms with E-state index in [-0.39, 0.29) is 0 Å². The Bertz CT molecular complexity index is 209. The number of morpholine rings is 1. The number of ether oxygens (including phenoxy) is 1. The third-order valence-electron chi connectivity index (χ3n) is 3.81. The van der Waals surface area contributed by atoms with E-state index in [9.17, 15) is 0 Å². The molecule has 4 heteroatoms. The van der Waals surface area contributed by atoms with Crippen molar-refractivity contribution in [2.24, 2.45) is 0 Å². The molecule has 0 radical (unpaired) electrons. The van der Waals surface area contributed by atoms with Crippen LogP contribution < -0.4 is 5.32 Å². The second-order valence-electron chi connectivity index (χ2n) is 5.26. The minimum atomic E-state index is 0.386. The minimum absolute atomic E-state index is 0.386. The zero-order valence-corrected chi connectivity index (χ0v) is 12.6. The Hall–Kier alpha value is -0.160. The van der Waals surface area contributed by atoms with Crippen LogP contribution in [0.25, 0.3) is 0 Å². The molecule has 0 saturated carbocycles. The van der Waals surface area contributed by atoms with Gasteiger partial charge in [-0.2, -0.15) is 0 Å². The maximum absolute atomic E-state index is 5.64. The van der Waals surface area contributed by atoms with Gasteiger partial charge in [0.15, 0.2) is 0 Å². The number of nitrogens with zero attached hydrogens (tertiary/aromatic N) is 2. The Morgan fingerprint density at radius 3 is 2.61 bits per heavy atom. The SMILES string of the molecule is CCN(CC)CCNCCN1CC(C)OCC1C. The van der Waals surface area contributed by atoms with Crippen LogP contribution >= 0.6 is 0 Å². The third-order valence-corrected chi connectivity index (χ3v) is 3.81. The Kier molecular flexibility index (Phi) is 7.82. The van der Waals surface area contributed by atoms with Crippen LogP contribution in [-0.4, -0.2) is 74.4 Å². The Morgan fingerprint density at radius 2 is 1.94 bits per heavy atom. The van der Waals surface area contributed by atoms with E-state index in [0.717, 1.165) is 52.4 Å². The predicted molar refractivity (Wildman–Crippen MR) is 77.1 cm³/mol. The molecule has 108 valence electrons. The van der Waals surface area contributed by atoms with Gasteiger partial charge >= 0.3 is 0 Å². The molecule has 0 spiro atoms. The van der Waals surface area contributed by atoms with Crippen LogP contribution in [0.3, 0.4) is 0 Å². The topological polar surface area (TPSA) is 27.7 Å². The summed E-state index contributed by atoms with van der Waals surface area (Å²) in [6.07, 6.45) is 0.386. The van der Waals surface area contributed by atoms with Gasteiger partial charge < -0.3 is 15.0 Å². The summed E-state index contributed by atoms with van der Waals surface area (Å²) in [7, 11) is 0. The van der Waals surface area contributed by atoms with Gasteiger partial charge in [0.2, 0.25) is 0 Å². The zero-order chi connectivity index (χ0) is 13.4. The van der Waals surface area contributed by atoms with Crippen molar-refractivity contribution in [1.29, 1.82) is 0 Å². The van der Waals surface area contributed by atoms with Crippen LogP contribution in [0, 0.1) is 0 Å². The van der Waals surface area contributed by atoms with Gasteiger partial charge in [-0.1, -0.05) is 13.8 Å². The second-order valence-corrected chi connectivity index (χ2v) is 5.26. The smallest absolute Gasteiger partial charge is 0.0674 e. The summed E-state index contributed by atoms with van der Waals surface area (Å²) in [6.45, 7) is 17.6. The van der Waals surface area contributed by atoms with Crippen LogP contribution in [0.4, 0.5) is 0 Å². The van der Waals surface area contributed by atoms with E-state index in [1.807, 2.05) is 0 Å². The Labute approximate surface area is 113 Å². The van der Waals surface area contributed by atoms with Gasteiger partial charge in [-0.15, -0.1) is 0 Å². The van der Waals surface area contributed by atoms with Gasteiger partial charge in [-0.3, -0.25) is 4.90 Å². The van der Waals surface area contributed by atoms with Crippen molar-refractivity contribution in [3.05, 3.63) is 0 Å². The van der Waals surface area contributed by atoms with Crippen LogP contribution in [0.2, 0.25) is 0 Å². The van der Waals surface area contributed by atoms with Gasteiger partial charge in [0, 0.05) is 38.8 Å². The number of nitrogens with one attached hydrogen (secondary N) is 1. The summed E-state index contributed by atoms with van der Waals surface area (Å²) in [6, 6.07) is 0.561. The molecule has 1 aliphatic heterocycles. The highest BCUT2D eigenvalue weighted by atomic mass is 16.5. The molecule has 0 aromatic carbocycles. The average Bonchev–Trinajstić information content (AvgIpc) is 2.38. The molecule has 1 heterocycles. The van der Waals surface area contributed by atoms with Gasteiger partial charge in [0.25, 0.3) is 0 Å². The van der Waals surface area contributed by atoms with Crippen molar-refractivity contribution < 1.29 is 4.74 Å². The number of rotatable bonds is 8. The lowest BCUT2D eigenvalue weighted by atomic mass is 10.2. The Balaban J connectivity index is 2.06. The normalized spacial score (nSPS) is 25.8. The standard InChI is InChI=1S/C14H31N3O/c1-5-16(6-2)9-7-15-8-10-17-11-14(4)18-12-13(17)3/h13-15H,5-12H2,1-4H3. The van der Waals surface area contributed by atoms with E-state index in [1.165, 1.54) is 0 Å². The third kappa shape index (κ3) is 5.65. The number of likely N-dealkylation sites (N-methyl/N-ethyl adjacent to an activating group) is 1. The molecule has 1 fully saturated rings. The van der Waals surface area contributed by atoms with E-state index in [4.69, 9.17) is 4.74 Å². The Morgan fingerprint density at radius 1 is 1.22 bits per heavy atom. The quantitative estimate of drug-likeness (QED) is 0.657. The predicted octanol–water partition coefficient (Wildman–Crippen LogP) is 1.03. The summed E-state index contributed by atoms with van der Waals surface area (Å²) in [5, 5.41) is 3.54. The fourth-order valence-electron chi connectivity index (χ4n) is 2.41. The molecule has 4 nitrogen and oxygen atoms in total. The molecule has 1 saturated heterocycles. The molecule has 0 aromatic rings. The summed E-state index contributed by atoms with van der Waals surface area (Å²) >= 11 is 0. The minimum Gasteiger partial charge on any atom is -0.376 e. The monoisotopic (exact) mass is 257 g/mol. The fraction of sp³-hybridized carbons (Fsp3) is 1.00. The first-order valence-electron chi connectivity index (χ1n) is 7.46.